The van der Waals surface area contributed by atoms with Crippen molar-refractivity contribution < 1.29 is 13.0 Å². The van der Waals surface area contributed by atoms with E-state index >= 15 is 0 Å². The van der Waals surface area contributed by atoms with Crippen molar-refractivity contribution >= 4 is 20.9 Å². The summed E-state index contributed by atoms with van der Waals surface area (Å²) in [6.45, 7) is 4.15. The van der Waals surface area contributed by atoms with Gasteiger partial charge < -0.3 is 0 Å². The minimum absolute atomic E-state index is 0.0244. The van der Waals surface area contributed by atoms with Crippen LogP contribution in [0.15, 0.2) is 35.2 Å². The van der Waals surface area contributed by atoms with Crippen molar-refractivity contribution in [1.29, 1.82) is 0 Å². The van der Waals surface area contributed by atoms with Crippen molar-refractivity contribution in [2.75, 3.05) is 0 Å². The molecule has 20 heavy (non-hydrogen) atoms. The van der Waals surface area contributed by atoms with Crippen LogP contribution < -0.4 is 0 Å². The highest BCUT2D eigenvalue weighted by atomic mass is 32.2. The first-order chi connectivity index (χ1) is 9.49. The second-order valence-electron chi connectivity index (χ2n) is 5.04. The molecular weight excluding hydrogens is 272 g/mol. The summed E-state index contributed by atoms with van der Waals surface area (Å²) in [7, 11) is -4.20. The van der Waals surface area contributed by atoms with E-state index in [1.54, 1.807) is 0 Å². The summed E-state index contributed by atoms with van der Waals surface area (Å²) < 4.78 is 32.7. The minimum Gasteiger partial charge on any atom is -0.282 e. The van der Waals surface area contributed by atoms with Gasteiger partial charge >= 0.3 is 0 Å². The Kier molecular flexibility index (Phi) is 4.45. The average Bonchev–Trinajstić information content (AvgIpc) is 2.39. The highest BCUT2D eigenvalue weighted by molar-refractivity contribution is 7.86. The summed E-state index contributed by atoms with van der Waals surface area (Å²) in [6, 6.07) is 9.18. The highest BCUT2D eigenvalue weighted by Gasteiger charge is 2.17. The van der Waals surface area contributed by atoms with Crippen LogP contribution >= 0.6 is 0 Å². The minimum atomic E-state index is -4.20. The molecule has 1 N–H and O–H groups in total. The first-order valence-corrected chi connectivity index (χ1v) is 8.44. The lowest BCUT2D eigenvalue weighted by molar-refractivity contribution is 0.484. The molecule has 0 spiro atoms. The van der Waals surface area contributed by atoms with Gasteiger partial charge in [0.25, 0.3) is 10.1 Å². The summed E-state index contributed by atoms with van der Waals surface area (Å²) in [5, 5.41) is 1.62. The molecular formula is C16H20O3S. The Morgan fingerprint density at radius 2 is 1.60 bits per heavy atom. The maximum Gasteiger partial charge on any atom is 0.295 e. The molecule has 0 radical (unpaired) electrons. The molecule has 2 rings (SSSR count). The predicted molar refractivity (Wildman–Crippen MR) is 81.8 cm³/mol. The quantitative estimate of drug-likeness (QED) is 0.848. The molecule has 0 amide bonds. The van der Waals surface area contributed by atoms with Gasteiger partial charge in [-0.25, -0.2) is 0 Å². The molecule has 0 saturated heterocycles. The second-order valence-corrected chi connectivity index (χ2v) is 6.43. The van der Waals surface area contributed by atoms with Gasteiger partial charge in [-0.05, 0) is 35.4 Å². The van der Waals surface area contributed by atoms with Gasteiger partial charge in [-0.1, -0.05) is 51.0 Å². The molecule has 0 bridgehead atoms. The van der Waals surface area contributed by atoms with Crippen molar-refractivity contribution in [2.45, 2.75) is 44.4 Å². The fourth-order valence-corrected chi connectivity index (χ4v) is 3.43. The molecule has 0 fully saturated rings. The highest BCUT2D eigenvalue weighted by Crippen LogP contribution is 2.30. The van der Waals surface area contributed by atoms with Crippen LogP contribution in [-0.2, 0) is 23.0 Å². The summed E-state index contributed by atoms with van der Waals surface area (Å²) in [5.74, 6) is 0. The largest absolute Gasteiger partial charge is 0.295 e. The van der Waals surface area contributed by atoms with Gasteiger partial charge in [0.15, 0.2) is 0 Å². The van der Waals surface area contributed by atoms with Crippen LogP contribution in [0.5, 0.6) is 0 Å². The molecule has 0 aliphatic rings. The molecule has 3 nitrogen and oxygen atoms in total. The van der Waals surface area contributed by atoms with E-state index in [-0.39, 0.29) is 4.90 Å². The van der Waals surface area contributed by atoms with E-state index in [2.05, 4.69) is 13.8 Å². The fraction of sp³-hybridized carbons (Fsp3) is 0.375. The molecule has 2 aromatic rings. The summed E-state index contributed by atoms with van der Waals surface area (Å²) in [6.07, 6.45) is 3.63. The van der Waals surface area contributed by atoms with Crippen LogP contribution in [0.3, 0.4) is 0 Å². The predicted octanol–water partition coefficient (Wildman–Crippen LogP) is 3.99. The zero-order valence-corrected chi connectivity index (χ0v) is 12.7. The molecule has 0 aliphatic heterocycles. The molecule has 0 aromatic heterocycles. The van der Waals surface area contributed by atoms with Crippen molar-refractivity contribution in [1.82, 2.24) is 0 Å². The Labute approximate surface area is 120 Å². The topological polar surface area (TPSA) is 54.4 Å². The Balaban J connectivity index is 2.85. The van der Waals surface area contributed by atoms with Crippen molar-refractivity contribution in [3.05, 3.63) is 41.5 Å². The van der Waals surface area contributed by atoms with Crippen LogP contribution in [0.1, 0.15) is 37.8 Å². The summed E-state index contributed by atoms with van der Waals surface area (Å²) in [4.78, 5) is 0.0244. The number of fused-ring (bicyclic) bond motifs is 1. The molecule has 0 heterocycles. The van der Waals surface area contributed by atoms with E-state index in [9.17, 15) is 13.0 Å². The molecule has 2 aromatic carbocycles. The molecule has 0 unspecified atom stereocenters. The Morgan fingerprint density at radius 3 is 2.20 bits per heavy atom. The lowest BCUT2D eigenvalue weighted by Gasteiger charge is -2.13. The smallest absolute Gasteiger partial charge is 0.282 e. The van der Waals surface area contributed by atoms with E-state index in [0.29, 0.717) is 5.39 Å². The van der Waals surface area contributed by atoms with Crippen LogP contribution in [-0.4, -0.2) is 13.0 Å². The SMILES string of the molecule is CCCc1ccc(S(=O)(=O)O)c2c(CCC)cccc12. The maximum atomic E-state index is 11.6. The van der Waals surface area contributed by atoms with E-state index in [1.807, 2.05) is 24.3 Å². The number of aryl methyl sites for hydroxylation is 2. The van der Waals surface area contributed by atoms with Gasteiger partial charge in [-0.15, -0.1) is 0 Å². The Hall–Kier alpha value is -1.39. The Bertz CT molecular complexity index is 718. The second kappa shape index (κ2) is 5.94. The van der Waals surface area contributed by atoms with Gasteiger partial charge in [-0.3, -0.25) is 4.55 Å². The normalized spacial score (nSPS) is 11.9. The third-order valence-electron chi connectivity index (χ3n) is 3.50. The number of rotatable bonds is 5. The molecule has 4 heteroatoms. The van der Waals surface area contributed by atoms with Crippen molar-refractivity contribution in [2.24, 2.45) is 0 Å². The fourth-order valence-electron chi connectivity index (χ4n) is 2.69. The van der Waals surface area contributed by atoms with Gasteiger partial charge in [-0.2, -0.15) is 8.42 Å². The van der Waals surface area contributed by atoms with E-state index in [4.69, 9.17) is 0 Å². The third kappa shape index (κ3) is 2.86. The zero-order valence-electron chi connectivity index (χ0n) is 11.9. The molecule has 0 saturated carbocycles. The van der Waals surface area contributed by atoms with Crippen molar-refractivity contribution in [3.8, 4) is 0 Å². The Morgan fingerprint density at radius 1 is 0.950 bits per heavy atom. The number of benzene rings is 2. The standard InChI is InChI=1S/C16H20O3S/c1-3-6-12-10-11-15(20(17,18)19)16-13(7-4-2)8-5-9-14(12)16/h5,8-11H,3-4,6-7H2,1-2H3,(H,17,18,19). The van der Waals surface area contributed by atoms with Crippen LogP contribution in [0, 0.1) is 0 Å². The first kappa shape index (κ1) is 15.0. The van der Waals surface area contributed by atoms with E-state index in [0.717, 1.165) is 42.2 Å². The van der Waals surface area contributed by atoms with Gasteiger partial charge in [0, 0.05) is 5.39 Å². The monoisotopic (exact) mass is 292 g/mol. The van der Waals surface area contributed by atoms with Crippen LogP contribution in [0.4, 0.5) is 0 Å². The summed E-state index contributed by atoms with van der Waals surface area (Å²) >= 11 is 0. The first-order valence-electron chi connectivity index (χ1n) is 7.00. The third-order valence-corrected chi connectivity index (χ3v) is 4.39. The lowest BCUT2D eigenvalue weighted by Crippen LogP contribution is -2.03. The van der Waals surface area contributed by atoms with Crippen molar-refractivity contribution in [3.63, 3.8) is 0 Å². The zero-order chi connectivity index (χ0) is 14.8. The maximum absolute atomic E-state index is 11.6. The average molecular weight is 292 g/mol. The van der Waals surface area contributed by atoms with Crippen LogP contribution in [0.25, 0.3) is 10.8 Å². The molecule has 0 aliphatic carbocycles. The van der Waals surface area contributed by atoms with E-state index in [1.165, 1.54) is 6.07 Å². The molecule has 0 atom stereocenters. The van der Waals surface area contributed by atoms with Gasteiger partial charge in [0.2, 0.25) is 0 Å². The number of hydrogen-bond donors (Lipinski definition) is 1. The van der Waals surface area contributed by atoms with Crippen LogP contribution in [0.2, 0.25) is 0 Å². The number of hydrogen-bond acceptors (Lipinski definition) is 2. The summed E-state index contributed by atoms with van der Waals surface area (Å²) in [5.41, 5.74) is 2.11. The van der Waals surface area contributed by atoms with Gasteiger partial charge in [0.05, 0.1) is 0 Å². The molecule has 108 valence electrons. The van der Waals surface area contributed by atoms with E-state index < -0.39 is 10.1 Å². The lowest BCUT2D eigenvalue weighted by atomic mass is 9.96. The van der Waals surface area contributed by atoms with Gasteiger partial charge in [0.1, 0.15) is 4.90 Å².